The molecule has 0 aliphatic rings. The Labute approximate surface area is 161 Å². The van der Waals surface area contributed by atoms with Gasteiger partial charge in [0.1, 0.15) is 28.9 Å². The number of anilines is 3. The molecule has 5 nitrogen and oxygen atoms in total. The van der Waals surface area contributed by atoms with Gasteiger partial charge in [0.2, 0.25) is 0 Å². The minimum absolute atomic E-state index is 0.0105. The van der Waals surface area contributed by atoms with Gasteiger partial charge in [0.25, 0.3) is 5.91 Å². The zero-order valence-corrected chi connectivity index (χ0v) is 15.4. The number of benzene rings is 2. The van der Waals surface area contributed by atoms with Crippen molar-refractivity contribution in [1.29, 1.82) is 0 Å². The molecule has 3 rings (SSSR count). The molecule has 1 amide bonds. The predicted octanol–water partition coefficient (Wildman–Crippen LogP) is 5.14. The molecule has 7 heteroatoms. The molecule has 0 aliphatic heterocycles. The molecule has 0 saturated heterocycles. The normalized spacial score (nSPS) is 10.6. The van der Waals surface area contributed by atoms with Crippen LogP contribution in [0.2, 0.25) is 0 Å². The molecule has 3 aromatic rings. The van der Waals surface area contributed by atoms with Gasteiger partial charge in [-0.15, -0.1) is 0 Å². The monoisotopic (exact) mass is 383 g/mol. The minimum Gasteiger partial charge on any atom is -0.489 e. The molecule has 0 atom stereocenters. The van der Waals surface area contributed by atoms with Crippen LogP contribution in [0.15, 0.2) is 60.8 Å². The first kappa shape index (κ1) is 19.3. The fraction of sp³-hybridized carbons (Fsp3) is 0.143. The van der Waals surface area contributed by atoms with Crippen LogP contribution >= 0.6 is 0 Å². The Balaban J connectivity index is 1.80. The summed E-state index contributed by atoms with van der Waals surface area (Å²) in [6.45, 7) is 3.84. The van der Waals surface area contributed by atoms with Crippen molar-refractivity contribution in [2.75, 3.05) is 10.6 Å². The number of carbonyl (C=O) groups excluding carboxylic acids is 1. The van der Waals surface area contributed by atoms with E-state index >= 15 is 0 Å². The summed E-state index contributed by atoms with van der Waals surface area (Å²) in [5.74, 6) is -1.31. The number of nitrogens with zero attached hydrogens (tertiary/aromatic N) is 1. The zero-order chi connectivity index (χ0) is 20.1. The first-order valence-electron chi connectivity index (χ1n) is 8.68. The van der Waals surface area contributed by atoms with Crippen LogP contribution in [-0.4, -0.2) is 17.0 Å². The maximum absolute atomic E-state index is 13.7. The lowest BCUT2D eigenvalue weighted by atomic mass is 10.2. The quantitative estimate of drug-likeness (QED) is 0.618. The van der Waals surface area contributed by atoms with Crippen LogP contribution in [0.5, 0.6) is 5.75 Å². The fourth-order valence-corrected chi connectivity index (χ4v) is 2.51. The SMILES string of the molecule is CC(C)Oc1ccccc1Nc1cc(C(=O)Nc2c(F)cccc2F)ccn1. The van der Waals surface area contributed by atoms with E-state index in [-0.39, 0.29) is 11.7 Å². The third kappa shape index (κ3) is 4.62. The van der Waals surface area contributed by atoms with Crippen LogP contribution in [0.3, 0.4) is 0 Å². The molecule has 144 valence electrons. The smallest absolute Gasteiger partial charge is 0.256 e. The highest BCUT2D eigenvalue weighted by atomic mass is 19.1. The third-order valence-corrected chi connectivity index (χ3v) is 3.74. The second-order valence-corrected chi connectivity index (χ2v) is 6.27. The lowest BCUT2D eigenvalue weighted by molar-refractivity contribution is 0.102. The first-order valence-corrected chi connectivity index (χ1v) is 8.68. The number of amides is 1. The molecule has 0 fully saturated rings. The van der Waals surface area contributed by atoms with E-state index in [4.69, 9.17) is 4.74 Å². The topological polar surface area (TPSA) is 63.2 Å². The molecular weight excluding hydrogens is 364 g/mol. The zero-order valence-electron chi connectivity index (χ0n) is 15.4. The van der Waals surface area contributed by atoms with Crippen molar-refractivity contribution < 1.29 is 18.3 Å². The van der Waals surface area contributed by atoms with E-state index < -0.39 is 23.2 Å². The van der Waals surface area contributed by atoms with Crippen LogP contribution in [0.4, 0.5) is 26.0 Å². The number of aromatic nitrogens is 1. The van der Waals surface area contributed by atoms with E-state index in [0.717, 1.165) is 12.1 Å². The Morgan fingerprint density at radius 1 is 1.04 bits per heavy atom. The Morgan fingerprint density at radius 3 is 2.46 bits per heavy atom. The molecule has 2 N–H and O–H groups in total. The third-order valence-electron chi connectivity index (χ3n) is 3.74. The van der Waals surface area contributed by atoms with E-state index in [2.05, 4.69) is 15.6 Å². The number of hydrogen-bond donors (Lipinski definition) is 2. The highest BCUT2D eigenvalue weighted by Crippen LogP contribution is 2.28. The van der Waals surface area contributed by atoms with E-state index in [1.165, 1.54) is 24.4 Å². The minimum atomic E-state index is -0.847. The van der Waals surface area contributed by atoms with E-state index in [1.807, 2.05) is 38.1 Å². The van der Waals surface area contributed by atoms with Gasteiger partial charge in [0.05, 0.1) is 11.8 Å². The molecule has 0 spiro atoms. The van der Waals surface area contributed by atoms with Crippen LogP contribution in [0.25, 0.3) is 0 Å². The fourth-order valence-electron chi connectivity index (χ4n) is 2.51. The van der Waals surface area contributed by atoms with Crippen LogP contribution in [0.1, 0.15) is 24.2 Å². The van der Waals surface area contributed by atoms with Gasteiger partial charge in [-0.1, -0.05) is 18.2 Å². The maximum Gasteiger partial charge on any atom is 0.256 e. The average molecular weight is 383 g/mol. The van der Waals surface area contributed by atoms with Crippen molar-refractivity contribution >= 4 is 23.1 Å². The van der Waals surface area contributed by atoms with Gasteiger partial charge in [-0.3, -0.25) is 4.79 Å². The molecule has 0 unspecified atom stereocenters. The Hall–Kier alpha value is -3.48. The van der Waals surface area contributed by atoms with Crippen molar-refractivity contribution in [3.63, 3.8) is 0 Å². The highest BCUT2D eigenvalue weighted by Gasteiger charge is 2.14. The number of hydrogen-bond acceptors (Lipinski definition) is 4. The number of rotatable bonds is 6. The highest BCUT2D eigenvalue weighted by molar-refractivity contribution is 6.04. The van der Waals surface area contributed by atoms with Crippen molar-refractivity contribution in [3.05, 3.63) is 78.0 Å². The summed E-state index contributed by atoms with van der Waals surface area (Å²) in [5.41, 5.74) is 0.387. The lowest BCUT2D eigenvalue weighted by Crippen LogP contribution is -2.14. The van der Waals surface area contributed by atoms with E-state index in [1.54, 1.807) is 0 Å². The van der Waals surface area contributed by atoms with Gasteiger partial charge in [0, 0.05) is 11.8 Å². The van der Waals surface area contributed by atoms with Gasteiger partial charge in [0.15, 0.2) is 0 Å². The van der Waals surface area contributed by atoms with Gasteiger partial charge >= 0.3 is 0 Å². The van der Waals surface area contributed by atoms with Gasteiger partial charge in [-0.05, 0) is 50.2 Å². The van der Waals surface area contributed by atoms with Gasteiger partial charge < -0.3 is 15.4 Å². The molecule has 1 heterocycles. The summed E-state index contributed by atoms with van der Waals surface area (Å²) >= 11 is 0. The number of carbonyl (C=O) groups is 1. The second-order valence-electron chi connectivity index (χ2n) is 6.27. The summed E-state index contributed by atoms with van der Waals surface area (Å²) in [6.07, 6.45) is 1.42. The molecule has 0 aliphatic carbocycles. The predicted molar refractivity (Wildman–Crippen MR) is 104 cm³/mol. The number of nitrogens with one attached hydrogen (secondary N) is 2. The summed E-state index contributed by atoms with van der Waals surface area (Å²) < 4.78 is 33.2. The van der Waals surface area contributed by atoms with Crippen LogP contribution in [0, 0.1) is 11.6 Å². The lowest BCUT2D eigenvalue weighted by Gasteiger charge is -2.15. The number of halogens is 2. The van der Waals surface area contributed by atoms with Crippen molar-refractivity contribution in [2.45, 2.75) is 20.0 Å². The first-order chi connectivity index (χ1) is 13.4. The Morgan fingerprint density at radius 2 is 1.75 bits per heavy atom. The molecule has 0 radical (unpaired) electrons. The molecular formula is C21H19F2N3O2. The summed E-state index contributed by atoms with van der Waals surface area (Å²) in [6, 6.07) is 13.6. The molecule has 2 aromatic carbocycles. The van der Waals surface area contributed by atoms with Crippen LogP contribution < -0.4 is 15.4 Å². The maximum atomic E-state index is 13.7. The molecule has 0 bridgehead atoms. The Bertz CT molecular complexity index is 973. The number of para-hydroxylation sites is 3. The summed E-state index contributed by atoms with van der Waals surface area (Å²) in [5, 5.41) is 5.35. The number of pyridine rings is 1. The molecule has 0 saturated carbocycles. The molecule has 1 aromatic heterocycles. The Kier molecular flexibility index (Phi) is 5.84. The average Bonchev–Trinajstić information content (AvgIpc) is 2.66. The second kappa shape index (κ2) is 8.47. The summed E-state index contributed by atoms with van der Waals surface area (Å²) in [4.78, 5) is 16.6. The van der Waals surface area contributed by atoms with Crippen LogP contribution in [-0.2, 0) is 0 Å². The largest absolute Gasteiger partial charge is 0.489 e. The summed E-state index contributed by atoms with van der Waals surface area (Å²) in [7, 11) is 0. The van der Waals surface area contributed by atoms with Gasteiger partial charge in [-0.2, -0.15) is 0 Å². The van der Waals surface area contributed by atoms with Gasteiger partial charge in [-0.25, -0.2) is 13.8 Å². The van der Waals surface area contributed by atoms with E-state index in [9.17, 15) is 13.6 Å². The van der Waals surface area contributed by atoms with E-state index in [0.29, 0.717) is 17.3 Å². The van der Waals surface area contributed by atoms with Crippen molar-refractivity contribution in [2.24, 2.45) is 0 Å². The van der Waals surface area contributed by atoms with Crippen molar-refractivity contribution in [3.8, 4) is 5.75 Å². The van der Waals surface area contributed by atoms with Crippen molar-refractivity contribution in [1.82, 2.24) is 4.98 Å². The molecule has 28 heavy (non-hydrogen) atoms. The standard InChI is InChI=1S/C21H19F2N3O2/c1-13(2)28-18-9-4-3-8-17(18)25-19-12-14(10-11-24-19)21(27)26-20-15(22)6-5-7-16(20)23/h3-13H,1-2H3,(H,24,25)(H,26,27). The number of ether oxygens (including phenoxy) is 1.